The maximum absolute atomic E-state index is 13.0. The van der Waals surface area contributed by atoms with Gasteiger partial charge in [0.05, 0.1) is 19.8 Å². The molecule has 3 aromatic carbocycles. The highest BCUT2D eigenvalue weighted by Gasteiger charge is 2.30. The van der Waals surface area contributed by atoms with Crippen LogP contribution in [-0.2, 0) is 6.61 Å². The van der Waals surface area contributed by atoms with Crippen LogP contribution in [0, 0.1) is 6.92 Å². The number of fused-ring (bicyclic) bond motifs is 1. The van der Waals surface area contributed by atoms with Crippen molar-refractivity contribution in [3.05, 3.63) is 94.8 Å². The molecule has 0 N–H and O–H groups in total. The van der Waals surface area contributed by atoms with Crippen molar-refractivity contribution in [3.63, 3.8) is 0 Å². The Morgan fingerprint density at radius 1 is 1.03 bits per heavy atom. The molecule has 0 spiro atoms. The van der Waals surface area contributed by atoms with Crippen molar-refractivity contribution >= 4 is 17.9 Å². The van der Waals surface area contributed by atoms with Crippen molar-refractivity contribution in [2.45, 2.75) is 13.5 Å². The lowest BCUT2D eigenvalue weighted by atomic mass is 10.0. The predicted molar refractivity (Wildman–Crippen MR) is 125 cm³/mol. The number of allylic oxidation sites excluding steroid dienone is 1. The van der Waals surface area contributed by atoms with Crippen molar-refractivity contribution < 1.29 is 23.7 Å². The Kier molecular flexibility index (Phi) is 5.99. The number of hydrogen-bond donors (Lipinski definition) is 0. The van der Waals surface area contributed by atoms with Crippen LogP contribution in [0.5, 0.6) is 23.0 Å². The number of benzene rings is 3. The van der Waals surface area contributed by atoms with Gasteiger partial charge < -0.3 is 18.9 Å². The summed E-state index contributed by atoms with van der Waals surface area (Å²) in [4.78, 5) is 13.0. The Labute approximate surface area is 187 Å². The predicted octanol–water partition coefficient (Wildman–Crippen LogP) is 5.85. The van der Waals surface area contributed by atoms with Crippen molar-refractivity contribution in [2.75, 3.05) is 14.2 Å². The molecule has 4 rings (SSSR count). The molecule has 5 heteroatoms. The zero-order valence-corrected chi connectivity index (χ0v) is 18.3. The molecule has 0 saturated carbocycles. The minimum atomic E-state index is -0.172. The van der Waals surface area contributed by atoms with Crippen LogP contribution in [0.15, 0.2) is 66.9 Å². The number of aryl methyl sites for hydroxylation is 1. The molecular formula is C27H24O5. The van der Waals surface area contributed by atoms with Gasteiger partial charge in [0.1, 0.15) is 18.1 Å². The Bertz CT molecular complexity index is 1210. The number of ketones is 1. The first-order chi connectivity index (χ1) is 15.5. The molecular weight excluding hydrogens is 404 g/mol. The summed E-state index contributed by atoms with van der Waals surface area (Å²) in [6.45, 7) is 6.05. The second-order valence-corrected chi connectivity index (χ2v) is 7.37. The average Bonchev–Trinajstić information content (AvgIpc) is 3.13. The highest BCUT2D eigenvalue weighted by Crippen LogP contribution is 2.39. The van der Waals surface area contributed by atoms with Crippen LogP contribution < -0.4 is 18.9 Å². The number of methoxy groups -OCH3 is 2. The summed E-state index contributed by atoms with van der Waals surface area (Å²) in [6, 6.07) is 17.1. The normalized spacial score (nSPS) is 13.5. The third-order valence-corrected chi connectivity index (χ3v) is 5.28. The molecule has 0 bridgehead atoms. The van der Waals surface area contributed by atoms with Gasteiger partial charge in [-0.2, -0.15) is 0 Å². The molecule has 0 radical (unpaired) electrons. The first-order valence-electron chi connectivity index (χ1n) is 10.2. The summed E-state index contributed by atoms with van der Waals surface area (Å²) in [6.07, 6.45) is 3.47. The molecule has 0 fully saturated rings. The van der Waals surface area contributed by atoms with Gasteiger partial charge in [-0.15, -0.1) is 0 Å². The SMILES string of the molecule is C=Cc1ccc(COc2cc(C)c3c(c2)O/C(=C\c2cccc(OC)c2OC)C3=O)cc1. The number of carbonyl (C=O) groups is 1. The average molecular weight is 428 g/mol. The Hall–Kier alpha value is -3.99. The van der Waals surface area contributed by atoms with E-state index in [1.165, 1.54) is 0 Å². The summed E-state index contributed by atoms with van der Waals surface area (Å²) in [5.41, 5.74) is 4.13. The fourth-order valence-electron chi connectivity index (χ4n) is 3.64. The van der Waals surface area contributed by atoms with E-state index in [2.05, 4.69) is 6.58 Å². The highest BCUT2D eigenvalue weighted by atomic mass is 16.5. The second-order valence-electron chi connectivity index (χ2n) is 7.37. The smallest absolute Gasteiger partial charge is 0.232 e. The zero-order valence-electron chi connectivity index (χ0n) is 18.3. The van der Waals surface area contributed by atoms with Crippen molar-refractivity contribution in [2.24, 2.45) is 0 Å². The molecule has 0 atom stereocenters. The number of para-hydroxylation sites is 1. The van der Waals surface area contributed by atoms with Gasteiger partial charge in [-0.1, -0.05) is 49.1 Å². The molecule has 1 heterocycles. The lowest BCUT2D eigenvalue weighted by molar-refractivity contribution is 0.101. The van der Waals surface area contributed by atoms with E-state index in [1.807, 2.05) is 49.4 Å². The van der Waals surface area contributed by atoms with Crippen molar-refractivity contribution in [1.29, 1.82) is 0 Å². The van der Waals surface area contributed by atoms with Crippen LogP contribution in [0.3, 0.4) is 0 Å². The third kappa shape index (κ3) is 4.10. The van der Waals surface area contributed by atoms with Gasteiger partial charge in [-0.05, 0) is 41.8 Å². The van der Waals surface area contributed by atoms with E-state index in [-0.39, 0.29) is 11.5 Å². The fraction of sp³-hybridized carbons (Fsp3) is 0.148. The van der Waals surface area contributed by atoms with Gasteiger partial charge >= 0.3 is 0 Å². The summed E-state index contributed by atoms with van der Waals surface area (Å²) in [5, 5.41) is 0. The second kappa shape index (κ2) is 9.02. The van der Waals surface area contributed by atoms with E-state index < -0.39 is 0 Å². The molecule has 5 nitrogen and oxygen atoms in total. The van der Waals surface area contributed by atoms with E-state index in [0.717, 1.165) is 16.7 Å². The Morgan fingerprint density at radius 3 is 2.50 bits per heavy atom. The number of carbonyl (C=O) groups excluding carboxylic acids is 1. The molecule has 32 heavy (non-hydrogen) atoms. The van der Waals surface area contributed by atoms with E-state index >= 15 is 0 Å². The van der Waals surface area contributed by atoms with E-state index in [1.54, 1.807) is 38.5 Å². The maximum Gasteiger partial charge on any atom is 0.232 e. The molecule has 0 aromatic heterocycles. The van der Waals surface area contributed by atoms with Crippen LogP contribution in [0.1, 0.15) is 32.6 Å². The van der Waals surface area contributed by atoms with Crippen LogP contribution in [-0.4, -0.2) is 20.0 Å². The maximum atomic E-state index is 13.0. The van der Waals surface area contributed by atoms with Gasteiger partial charge in [0.2, 0.25) is 5.78 Å². The Morgan fingerprint density at radius 2 is 1.81 bits per heavy atom. The molecule has 162 valence electrons. The summed E-state index contributed by atoms with van der Waals surface area (Å²) >= 11 is 0. The third-order valence-electron chi connectivity index (χ3n) is 5.28. The molecule has 1 aliphatic rings. The lowest BCUT2D eigenvalue weighted by Crippen LogP contribution is -2.01. The zero-order chi connectivity index (χ0) is 22.7. The molecule has 1 aliphatic heterocycles. The fourth-order valence-corrected chi connectivity index (χ4v) is 3.64. The first kappa shape index (κ1) is 21.2. The van der Waals surface area contributed by atoms with Gasteiger partial charge in [0, 0.05) is 11.6 Å². The van der Waals surface area contributed by atoms with Crippen molar-refractivity contribution in [1.82, 2.24) is 0 Å². The largest absolute Gasteiger partial charge is 0.493 e. The summed E-state index contributed by atoms with van der Waals surface area (Å²) in [7, 11) is 3.13. The minimum Gasteiger partial charge on any atom is -0.493 e. The van der Waals surface area contributed by atoms with Gasteiger partial charge in [-0.25, -0.2) is 0 Å². The summed E-state index contributed by atoms with van der Waals surface area (Å²) < 4.78 is 22.7. The standard InChI is InChI=1S/C27H24O5/c1-5-18-9-11-19(12-10-18)16-31-21-13-17(2)25-23(15-21)32-24(26(25)28)14-20-7-6-8-22(29-3)27(20)30-4/h5-15H,1,16H2,2-4H3/b24-14-. The molecule has 0 saturated heterocycles. The number of ether oxygens (including phenoxy) is 4. The van der Waals surface area contributed by atoms with E-state index in [9.17, 15) is 4.79 Å². The lowest BCUT2D eigenvalue weighted by Gasteiger charge is -2.10. The highest BCUT2D eigenvalue weighted by molar-refractivity contribution is 6.15. The van der Waals surface area contributed by atoms with Gasteiger partial charge in [-0.3, -0.25) is 4.79 Å². The molecule has 0 amide bonds. The van der Waals surface area contributed by atoms with E-state index in [4.69, 9.17) is 18.9 Å². The van der Waals surface area contributed by atoms with Gasteiger partial charge in [0.25, 0.3) is 0 Å². The molecule has 3 aromatic rings. The molecule has 0 aliphatic carbocycles. The van der Waals surface area contributed by atoms with Crippen LogP contribution in [0.2, 0.25) is 0 Å². The van der Waals surface area contributed by atoms with Crippen molar-refractivity contribution in [3.8, 4) is 23.0 Å². The monoisotopic (exact) mass is 428 g/mol. The topological polar surface area (TPSA) is 54.0 Å². The van der Waals surface area contributed by atoms with E-state index in [0.29, 0.717) is 40.7 Å². The summed E-state index contributed by atoms with van der Waals surface area (Å²) in [5.74, 6) is 2.30. The number of hydrogen-bond acceptors (Lipinski definition) is 5. The van der Waals surface area contributed by atoms with Gasteiger partial charge in [0.15, 0.2) is 17.3 Å². The number of Topliss-reactive ketones (excluding diaryl/α,β-unsaturated/α-hetero) is 1. The first-order valence-corrected chi connectivity index (χ1v) is 10.2. The quantitative estimate of drug-likeness (QED) is 0.442. The minimum absolute atomic E-state index is 0.172. The Balaban J connectivity index is 1.58. The number of rotatable bonds is 7. The van der Waals surface area contributed by atoms with Crippen LogP contribution in [0.4, 0.5) is 0 Å². The van der Waals surface area contributed by atoms with Crippen LogP contribution >= 0.6 is 0 Å². The molecule has 0 unspecified atom stereocenters. The van der Waals surface area contributed by atoms with Crippen LogP contribution in [0.25, 0.3) is 12.2 Å².